The molecule has 1 saturated carbocycles. The van der Waals surface area contributed by atoms with Gasteiger partial charge in [0.1, 0.15) is 5.75 Å². The lowest BCUT2D eigenvalue weighted by molar-refractivity contribution is -0.113. The summed E-state index contributed by atoms with van der Waals surface area (Å²) in [5, 5.41) is 11.4. The van der Waals surface area contributed by atoms with E-state index >= 15 is 0 Å². The first-order valence-corrected chi connectivity index (χ1v) is 10.9. The van der Waals surface area contributed by atoms with Gasteiger partial charge in [0.25, 0.3) is 0 Å². The molecule has 6 nitrogen and oxygen atoms in total. The minimum atomic E-state index is -3.39. The van der Waals surface area contributed by atoms with Crippen molar-refractivity contribution in [2.75, 3.05) is 11.1 Å². The van der Waals surface area contributed by atoms with E-state index in [1.54, 1.807) is 18.3 Å². The minimum Gasteiger partial charge on any atom is -0.301 e. The van der Waals surface area contributed by atoms with Crippen molar-refractivity contribution in [3.8, 4) is 6.07 Å². The van der Waals surface area contributed by atoms with E-state index in [1.165, 1.54) is 11.3 Å². The highest BCUT2D eigenvalue weighted by molar-refractivity contribution is 7.92. The van der Waals surface area contributed by atoms with Crippen molar-refractivity contribution in [2.24, 2.45) is 0 Å². The number of nitriles is 1. The first kappa shape index (κ1) is 18.5. The van der Waals surface area contributed by atoms with Crippen molar-refractivity contribution in [2.45, 2.75) is 37.4 Å². The highest BCUT2D eigenvalue weighted by Crippen LogP contribution is 2.26. The van der Waals surface area contributed by atoms with Gasteiger partial charge in [-0.3, -0.25) is 4.79 Å². The Morgan fingerprint density at radius 2 is 1.96 bits per heavy atom. The first-order chi connectivity index (χ1) is 12.5. The van der Waals surface area contributed by atoms with Crippen molar-refractivity contribution in [3.05, 3.63) is 46.5 Å². The molecule has 0 atom stereocenters. The maximum absolute atomic E-state index is 12.2. The van der Waals surface area contributed by atoms with Gasteiger partial charge in [-0.15, -0.1) is 11.3 Å². The molecular weight excluding hydrogens is 370 g/mol. The number of carbonyl (C=O) groups excluding carboxylic acids is 1. The molecule has 2 aromatic rings. The number of nitrogens with zero attached hydrogens (tertiary/aromatic N) is 2. The summed E-state index contributed by atoms with van der Waals surface area (Å²) in [6.45, 7) is 0. The summed E-state index contributed by atoms with van der Waals surface area (Å²) < 4.78 is 24.5. The summed E-state index contributed by atoms with van der Waals surface area (Å²) in [6, 6.07) is 9.35. The van der Waals surface area contributed by atoms with Gasteiger partial charge in [-0.25, -0.2) is 13.4 Å². The van der Waals surface area contributed by atoms with Gasteiger partial charge in [0.15, 0.2) is 15.0 Å². The molecule has 1 fully saturated rings. The van der Waals surface area contributed by atoms with E-state index in [0.717, 1.165) is 23.3 Å². The van der Waals surface area contributed by atoms with Crippen LogP contribution in [0.3, 0.4) is 0 Å². The molecule has 1 aliphatic carbocycles. The second-order valence-electron chi connectivity index (χ2n) is 6.38. The number of amides is 1. The number of hydrogen-bond acceptors (Lipinski definition) is 6. The monoisotopic (exact) mass is 389 g/mol. The number of thiazole rings is 1. The predicted molar refractivity (Wildman–Crippen MR) is 101 cm³/mol. The summed E-state index contributed by atoms with van der Waals surface area (Å²) in [7, 11) is -3.39. The van der Waals surface area contributed by atoms with E-state index in [2.05, 4.69) is 16.4 Å². The van der Waals surface area contributed by atoms with Gasteiger partial charge in [0.05, 0.1) is 16.9 Å². The lowest BCUT2D eigenvalue weighted by atomic mass is 10.1. The number of rotatable bonds is 6. The Hall–Kier alpha value is -2.24. The first-order valence-electron chi connectivity index (χ1n) is 8.41. The van der Waals surface area contributed by atoms with Gasteiger partial charge < -0.3 is 5.32 Å². The molecule has 0 aliphatic heterocycles. The average Bonchev–Trinajstić information content (AvgIpc) is 3.27. The molecule has 1 heterocycles. The van der Waals surface area contributed by atoms with Crippen molar-refractivity contribution < 1.29 is 13.2 Å². The van der Waals surface area contributed by atoms with Crippen molar-refractivity contribution in [3.63, 3.8) is 0 Å². The van der Waals surface area contributed by atoms with Gasteiger partial charge in [-0.1, -0.05) is 25.0 Å². The van der Waals surface area contributed by atoms with E-state index < -0.39 is 21.5 Å². The van der Waals surface area contributed by atoms with Crippen LogP contribution in [0.25, 0.3) is 0 Å². The second-order valence-corrected chi connectivity index (χ2v) is 9.78. The Morgan fingerprint density at radius 1 is 1.27 bits per heavy atom. The standard InChI is InChI=1S/C18H19N3O3S2/c19-10-14-7-5-13(6-8-14)9-15-11-20-18(25-15)21-17(22)12-26(23,24)16-3-1-2-4-16/h5-8,11,16H,1-4,9,12H2,(H,20,21,22). The molecule has 1 amide bonds. The molecule has 0 bridgehead atoms. The van der Waals surface area contributed by atoms with Crippen molar-refractivity contribution >= 4 is 32.2 Å². The van der Waals surface area contributed by atoms with E-state index in [4.69, 9.17) is 5.26 Å². The molecule has 0 saturated heterocycles. The summed E-state index contributed by atoms with van der Waals surface area (Å²) in [5.41, 5.74) is 1.64. The topological polar surface area (TPSA) is 99.9 Å². The second kappa shape index (κ2) is 7.98. The number of nitrogens with one attached hydrogen (secondary N) is 1. The quantitative estimate of drug-likeness (QED) is 0.819. The Bertz CT molecular complexity index is 921. The van der Waals surface area contributed by atoms with Crippen LogP contribution in [0.1, 0.15) is 41.7 Å². The van der Waals surface area contributed by atoms with Crippen LogP contribution in [0.15, 0.2) is 30.5 Å². The molecule has 1 N–H and O–H groups in total. The van der Waals surface area contributed by atoms with Gasteiger partial charge in [-0.2, -0.15) is 5.26 Å². The van der Waals surface area contributed by atoms with Crippen molar-refractivity contribution in [1.29, 1.82) is 5.26 Å². The lowest BCUT2D eigenvalue weighted by Gasteiger charge is -2.10. The summed E-state index contributed by atoms with van der Waals surface area (Å²) >= 11 is 1.32. The largest absolute Gasteiger partial charge is 0.301 e. The molecule has 1 aliphatic rings. The summed E-state index contributed by atoms with van der Waals surface area (Å²) in [6.07, 6.45) is 5.44. The smallest absolute Gasteiger partial charge is 0.241 e. The molecule has 8 heteroatoms. The highest BCUT2D eigenvalue weighted by Gasteiger charge is 2.30. The Labute approximate surface area is 156 Å². The van der Waals surface area contributed by atoms with Gasteiger partial charge >= 0.3 is 0 Å². The normalized spacial score (nSPS) is 14.9. The van der Waals surface area contributed by atoms with Crippen LogP contribution < -0.4 is 5.32 Å². The average molecular weight is 390 g/mol. The highest BCUT2D eigenvalue weighted by atomic mass is 32.2. The third-order valence-electron chi connectivity index (χ3n) is 4.40. The fourth-order valence-electron chi connectivity index (χ4n) is 3.05. The van der Waals surface area contributed by atoms with Crippen molar-refractivity contribution in [1.82, 2.24) is 4.98 Å². The van der Waals surface area contributed by atoms with E-state index in [1.807, 2.05) is 12.1 Å². The number of sulfone groups is 1. The summed E-state index contributed by atoms with van der Waals surface area (Å²) in [4.78, 5) is 17.2. The predicted octanol–water partition coefficient (Wildman–Crippen LogP) is 2.90. The van der Waals surface area contributed by atoms with Gasteiger partial charge in [0.2, 0.25) is 5.91 Å². The molecular formula is C18H19N3O3S2. The van der Waals surface area contributed by atoms with Crippen LogP contribution in [0.2, 0.25) is 0 Å². The van der Waals surface area contributed by atoms with E-state index in [0.29, 0.717) is 30.0 Å². The SMILES string of the molecule is N#Cc1ccc(Cc2cnc(NC(=O)CS(=O)(=O)C3CCCC3)s2)cc1. The van der Waals surface area contributed by atoms with Gasteiger partial charge in [0, 0.05) is 17.5 Å². The third kappa shape index (κ3) is 4.68. The molecule has 26 heavy (non-hydrogen) atoms. The van der Waals surface area contributed by atoms with E-state index in [9.17, 15) is 13.2 Å². The maximum Gasteiger partial charge on any atom is 0.241 e. The molecule has 0 spiro atoms. The zero-order chi connectivity index (χ0) is 18.6. The number of anilines is 1. The fraction of sp³-hybridized carbons (Fsp3) is 0.389. The molecule has 136 valence electrons. The summed E-state index contributed by atoms with van der Waals surface area (Å²) in [5.74, 6) is -1.02. The van der Waals surface area contributed by atoms with Crippen LogP contribution in [-0.4, -0.2) is 30.3 Å². The van der Waals surface area contributed by atoms with Crippen LogP contribution in [0.4, 0.5) is 5.13 Å². The number of hydrogen-bond donors (Lipinski definition) is 1. The molecule has 1 aromatic carbocycles. The minimum absolute atomic E-state index is 0.378. The Balaban J connectivity index is 1.57. The number of benzene rings is 1. The number of carbonyl (C=O) groups is 1. The van der Waals surface area contributed by atoms with Crippen LogP contribution in [0, 0.1) is 11.3 Å². The Morgan fingerprint density at radius 3 is 2.62 bits per heavy atom. The van der Waals surface area contributed by atoms with Crippen LogP contribution in [-0.2, 0) is 21.1 Å². The molecule has 3 rings (SSSR count). The zero-order valence-corrected chi connectivity index (χ0v) is 15.8. The third-order valence-corrected chi connectivity index (χ3v) is 7.47. The van der Waals surface area contributed by atoms with E-state index in [-0.39, 0.29) is 5.25 Å². The molecule has 1 aromatic heterocycles. The molecule has 0 radical (unpaired) electrons. The maximum atomic E-state index is 12.2. The number of aromatic nitrogens is 1. The van der Waals surface area contributed by atoms with Crippen LogP contribution in [0.5, 0.6) is 0 Å². The van der Waals surface area contributed by atoms with Gasteiger partial charge in [-0.05, 0) is 30.5 Å². The zero-order valence-electron chi connectivity index (χ0n) is 14.1. The lowest BCUT2D eigenvalue weighted by Crippen LogP contribution is -2.29. The molecule has 0 unspecified atom stereocenters. The van der Waals surface area contributed by atoms with Crippen LogP contribution >= 0.6 is 11.3 Å². The Kier molecular flexibility index (Phi) is 5.69. The fourth-order valence-corrected chi connectivity index (χ4v) is 5.64.